The van der Waals surface area contributed by atoms with Gasteiger partial charge in [0.1, 0.15) is 0 Å². The monoisotopic (exact) mass is 246 g/mol. The van der Waals surface area contributed by atoms with Crippen LogP contribution in [0.1, 0.15) is 25.5 Å². The molecule has 18 heavy (non-hydrogen) atoms. The van der Waals surface area contributed by atoms with Crippen molar-refractivity contribution in [1.82, 2.24) is 19.4 Å². The molecule has 2 rings (SSSR count). The van der Waals surface area contributed by atoms with Crippen molar-refractivity contribution in [3.05, 3.63) is 42.7 Å². The average Bonchev–Trinajstić information content (AvgIpc) is 3.01. The minimum Gasteiger partial charge on any atom is -0.350 e. The van der Waals surface area contributed by atoms with Crippen LogP contribution in [0.4, 0.5) is 0 Å². The third kappa shape index (κ3) is 3.74. The lowest BCUT2D eigenvalue weighted by atomic mass is 10.3. The van der Waals surface area contributed by atoms with E-state index in [9.17, 15) is 0 Å². The van der Waals surface area contributed by atoms with Crippen molar-refractivity contribution in [2.24, 2.45) is 0 Å². The van der Waals surface area contributed by atoms with Gasteiger partial charge in [0, 0.05) is 43.9 Å². The van der Waals surface area contributed by atoms with Crippen LogP contribution in [0.5, 0.6) is 0 Å². The number of hydrogen-bond donors (Lipinski definition) is 1. The molecule has 0 aliphatic heterocycles. The lowest BCUT2D eigenvalue weighted by Gasteiger charge is -2.09. The van der Waals surface area contributed by atoms with Gasteiger partial charge in [-0.25, -0.2) is 4.98 Å². The van der Waals surface area contributed by atoms with Gasteiger partial charge in [-0.05, 0) is 31.5 Å². The molecule has 4 nitrogen and oxygen atoms in total. The Kier molecular flexibility index (Phi) is 5.02. The first-order chi connectivity index (χ1) is 8.90. The van der Waals surface area contributed by atoms with Crippen molar-refractivity contribution in [2.45, 2.75) is 39.4 Å². The molecule has 0 bridgehead atoms. The average molecular weight is 246 g/mol. The summed E-state index contributed by atoms with van der Waals surface area (Å²) >= 11 is 0. The molecular weight excluding hydrogens is 224 g/mol. The lowest BCUT2D eigenvalue weighted by Crippen LogP contribution is -2.18. The molecule has 0 saturated carbocycles. The Morgan fingerprint density at radius 2 is 2.22 bits per heavy atom. The summed E-state index contributed by atoms with van der Waals surface area (Å²) < 4.78 is 4.43. The van der Waals surface area contributed by atoms with E-state index >= 15 is 0 Å². The summed E-state index contributed by atoms with van der Waals surface area (Å²) in [6.45, 7) is 6.34. The molecule has 1 N–H and O–H groups in total. The summed E-state index contributed by atoms with van der Waals surface area (Å²) in [5.74, 6) is 0. The molecule has 2 aromatic heterocycles. The van der Waals surface area contributed by atoms with E-state index in [-0.39, 0.29) is 0 Å². The molecule has 0 aliphatic carbocycles. The van der Waals surface area contributed by atoms with Gasteiger partial charge >= 0.3 is 0 Å². The van der Waals surface area contributed by atoms with E-state index in [1.54, 1.807) is 0 Å². The Morgan fingerprint density at radius 1 is 1.28 bits per heavy atom. The lowest BCUT2D eigenvalue weighted by molar-refractivity contribution is 0.558. The summed E-state index contributed by atoms with van der Waals surface area (Å²) in [6, 6.07) is 4.32. The zero-order valence-electron chi connectivity index (χ0n) is 11.0. The fraction of sp³-hybridized carbons (Fsp3) is 0.500. The maximum absolute atomic E-state index is 4.03. The number of hydrogen-bond acceptors (Lipinski definition) is 2. The largest absolute Gasteiger partial charge is 0.350 e. The standard InChI is InChI=1S/C14H22N4/c1-2-8-18-10-3-5-14(18)12-15-6-4-9-17-11-7-16-13-17/h3,5,7,10-11,13,15H,2,4,6,8-9,12H2,1H3. The number of nitrogens with one attached hydrogen (secondary N) is 1. The fourth-order valence-electron chi connectivity index (χ4n) is 2.09. The van der Waals surface area contributed by atoms with Crippen molar-refractivity contribution < 1.29 is 0 Å². The molecule has 0 amide bonds. The number of aromatic nitrogens is 3. The van der Waals surface area contributed by atoms with Gasteiger partial charge in [-0.3, -0.25) is 0 Å². The van der Waals surface area contributed by atoms with Crippen LogP contribution in [0, 0.1) is 0 Å². The highest BCUT2D eigenvalue weighted by molar-refractivity contribution is 5.06. The molecule has 0 fully saturated rings. The summed E-state index contributed by atoms with van der Waals surface area (Å²) in [5.41, 5.74) is 1.37. The van der Waals surface area contributed by atoms with Gasteiger partial charge in [0.2, 0.25) is 0 Å². The minimum absolute atomic E-state index is 0.955. The van der Waals surface area contributed by atoms with Crippen molar-refractivity contribution in [3.63, 3.8) is 0 Å². The summed E-state index contributed by atoms with van der Waals surface area (Å²) in [5, 5.41) is 3.49. The second-order valence-electron chi connectivity index (χ2n) is 4.52. The minimum atomic E-state index is 0.955. The van der Waals surface area contributed by atoms with Gasteiger partial charge < -0.3 is 14.5 Å². The number of rotatable bonds is 8. The molecule has 0 radical (unpaired) electrons. The van der Waals surface area contributed by atoms with Crippen LogP contribution in [-0.2, 0) is 19.6 Å². The first kappa shape index (κ1) is 12.9. The van der Waals surface area contributed by atoms with E-state index in [1.165, 1.54) is 12.1 Å². The first-order valence-electron chi connectivity index (χ1n) is 6.70. The van der Waals surface area contributed by atoms with Gasteiger partial charge in [0.15, 0.2) is 0 Å². The maximum atomic E-state index is 4.03. The van der Waals surface area contributed by atoms with Crippen molar-refractivity contribution in [2.75, 3.05) is 6.54 Å². The molecule has 0 atom stereocenters. The zero-order valence-corrected chi connectivity index (χ0v) is 11.0. The van der Waals surface area contributed by atoms with Crippen LogP contribution in [0.25, 0.3) is 0 Å². The second-order valence-corrected chi connectivity index (χ2v) is 4.52. The third-order valence-electron chi connectivity index (χ3n) is 3.02. The molecule has 4 heteroatoms. The van der Waals surface area contributed by atoms with E-state index < -0.39 is 0 Å². The highest BCUT2D eigenvalue weighted by Gasteiger charge is 1.99. The molecule has 0 aromatic carbocycles. The van der Waals surface area contributed by atoms with Gasteiger partial charge in [0.25, 0.3) is 0 Å². The van der Waals surface area contributed by atoms with Crippen molar-refractivity contribution >= 4 is 0 Å². The molecule has 0 unspecified atom stereocenters. The van der Waals surface area contributed by atoms with Crippen LogP contribution in [0.15, 0.2) is 37.1 Å². The highest BCUT2D eigenvalue weighted by atomic mass is 15.0. The Hall–Kier alpha value is -1.55. The van der Waals surface area contributed by atoms with E-state index in [2.05, 4.69) is 44.7 Å². The van der Waals surface area contributed by atoms with E-state index in [4.69, 9.17) is 0 Å². The van der Waals surface area contributed by atoms with Crippen molar-refractivity contribution in [1.29, 1.82) is 0 Å². The van der Waals surface area contributed by atoms with E-state index in [0.717, 1.165) is 32.6 Å². The van der Waals surface area contributed by atoms with Gasteiger partial charge in [-0.1, -0.05) is 6.92 Å². The molecule has 2 aromatic rings. The van der Waals surface area contributed by atoms with Crippen LogP contribution in [0.3, 0.4) is 0 Å². The second kappa shape index (κ2) is 7.01. The van der Waals surface area contributed by atoms with Crippen molar-refractivity contribution in [3.8, 4) is 0 Å². The van der Waals surface area contributed by atoms with Gasteiger partial charge in [0.05, 0.1) is 6.33 Å². The number of nitrogens with zero attached hydrogens (tertiary/aromatic N) is 3. The Morgan fingerprint density at radius 3 is 3.00 bits per heavy atom. The first-order valence-corrected chi connectivity index (χ1v) is 6.70. The van der Waals surface area contributed by atoms with Crippen LogP contribution < -0.4 is 5.32 Å². The normalized spacial score (nSPS) is 10.9. The highest BCUT2D eigenvalue weighted by Crippen LogP contribution is 2.03. The van der Waals surface area contributed by atoms with Crippen LogP contribution in [0.2, 0.25) is 0 Å². The predicted molar refractivity (Wildman–Crippen MR) is 73.3 cm³/mol. The molecule has 2 heterocycles. The SMILES string of the molecule is CCCn1cccc1CNCCCn1ccnc1. The van der Waals surface area contributed by atoms with Gasteiger partial charge in [-0.2, -0.15) is 0 Å². The molecule has 0 aliphatic rings. The summed E-state index contributed by atoms with van der Waals surface area (Å²) in [6.07, 6.45) is 10.2. The Bertz CT molecular complexity index is 430. The summed E-state index contributed by atoms with van der Waals surface area (Å²) in [4.78, 5) is 4.03. The molecule has 98 valence electrons. The quantitative estimate of drug-likeness (QED) is 0.725. The Labute approximate surface area is 109 Å². The van der Waals surface area contributed by atoms with Gasteiger partial charge in [-0.15, -0.1) is 0 Å². The van der Waals surface area contributed by atoms with Crippen LogP contribution in [-0.4, -0.2) is 20.7 Å². The smallest absolute Gasteiger partial charge is 0.0945 e. The van der Waals surface area contributed by atoms with E-state index in [1.807, 2.05) is 18.7 Å². The number of aryl methyl sites for hydroxylation is 2. The Balaban J connectivity index is 1.64. The fourth-order valence-corrected chi connectivity index (χ4v) is 2.09. The summed E-state index contributed by atoms with van der Waals surface area (Å²) in [7, 11) is 0. The molecule has 0 saturated heterocycles. The van der Waals surface area contributed by atoms with E-state index in [0.29, 0.717) is 0 Å². The maximum Gasteiger partial charge on any atom is 0.0945 e. The molecular formula is C14H22N4. The zero-order chi connectivity index (χ0) is 12.6. The van der Waals surface area contributed by atoms with Crippen LogP contribution >= 0.6 is 0 Å². The third-order valence-corrected chi connectivity index (χ3v) is 3.02. The molecule has 0 spiro atoms. The number of imidazole rings is 1. The topological polar surface area (TPSA) is 34.8 Å². The predicted octanol–water partition coefficient (Wildman–Crippen LogP) is 2.27.